The molecule has 0 unspecified atom stereocenters. The molecule has 0 saturated carbocycles. The van der Waals surface area contributed by atoms with Crippen molar-refractivity contribution in [2.75, 3.05) is 11.3 Å². The van der Waals surface area contributed by atoms with Gasteiger partial charge in [0.25, 0.3) is 16.4 Å². The molecule has 0 saturated heterocycles. The van der Waals surface area contributed by atoms with Gasteiger partial charge in [-0.2, -0.15) is 5.10 Å². The van der Waals surface area contributed by atoms with Crippen LogP contribution >= 0.6 is 0 Å². The summed E-state index contributed by atoms with van der Waals surface area (Å²) in [6.07, 6.45) is -1.68. The molecule has 23 heavy (non-hydrogen) atoms. The molecule has 0 bridgehead atoms. The van der Waals surface area contributed by atoms with E-state index >= 15 is 0 Å². The number of anilines is 1. The second kappa shape index (κ2) is 7.05. The number of rotatable bonds is 7. The van der Waals surface area contributed by atoms with Gasteiger partial charge in [0.2, 0.25) is 0 Å². The molecule has 0 amide bonds. The van der Waals surface area contributed by atoms with Crippen LogP contribution < -0.4 is 4.72 Å². The molecule has 126 valence electrons. The first-order valence-electron chi connectivity index (χ1n) is 6.84. The lowest BCUT2D eigenvalue weighted by molar-refractivity contribution is 0.134. The maximum absolute atomic E-state index is 12.9. The Bertz CT molecular complexity index is 775. The van der Waals surface area contributed by atoms with E-state index in [2.05, 4.69) is 9.82 Å². The highest BCUT2D eigenvalue weighted by molar-refractivity contribution is 7.92. The molecule has 1 aromatic carbocycles. The number of sulfonamides is 1. The van der Waals surface area contributed by atoms with Gasteiger partial charge in [-0.1, -0.05) is 12.1 Å². The van der Waals surface area contributed by atoms with Crippen LogP contribution in [0.5, 0.6) is 0 Å². The third-order valence-electron chi connectivity index (χ3n) is 2.99. The number of nitrogens with one attached hydrogen (secondary N) is 1. The van der Waals surface area contributed by atoms with Crippen LogP contribution in [-0.4, -0.2) is 24.8 Å². The minimum atomic E-state index is -4.00. The predicted octanol–water partition coefficient (Wildman–Crippen LogP) is 2.70. The van der Waals surface area contributed by atoms with E-state index in [1.165, 1.54) is 25.4 Å². The van der Waals surface area contributed by atoms with Gasteiger partial charge in [-0.15, -0.1) is 0 Å². The molecule has 0 spiro atoms. The summed E-state index contributed by atoms with van der Waals surface area (Å²) in [5, 5.41) is 3.57. The zero-order valence-corrected chi connectivity index (χ0v) is 13.5. The van der Waals surface area contributed by atoms with E-state index in [1.807, 2.05) is 6.92 Å². The molecule has 0 radical (unpaired) electrons. The molecule has 1 N–H and O–H groups in total. The Morgan fingerprint density at radius 1 is 1.39 bits per heavy atom. The van der Waals surface area contributed by atoms with E-state index in [1.54, 1.807) is 12.1 Å². The van der Waals surface area contributed by atoms with Gasteiger partial charge in [-0.3, -0.25) is 9.40 Å². The molecule has 0 aliphatic heterocycles. The first-order chi connectivity index (χ1) is 10.8. The average Bonchev–Trinajstić information content (AvgIpc) is 2.85. The van der Waals surface area contributed by atoms with Crippen LogP contribution in [0.4, 0.5) is 14.5 Å². The van der Waals surface area contributed by atoms with Crippen LogP contribution in [0.25, 0.3) is 0 Å². The van der Waals surface area contributed by atoms with Crippen molar-refractivity contribution in [2.45, 2.75) is 24.9 Å². The summed E-state index contributed by atoms with van der Waals surface area (Å²) in [6, 6.07) is 6.12. The van der Waals surface area contributed by atoms with Crippen LogP contribution in [0.1, 0.15) is 24.6 Å². The number of halogens is 2. The number of ether oxygens (including phenoxy) is 1. The van der Waals surface area contributed by atoms with Gasteiger partial charge >= 0.3 is 0 Å². The van der Waals surface area contributed by atoms with Crippen molar-refractivity contribution < 1.29 is 21.9 Å². The largest absolute Gasteiger partial charge is 0.377 e. The second-order valence-corrected chi connectivity index (χ2v) is 6.47. The molecule has 0 atom stereocenters. The number of alkyl halides is 2. The lowest BCUT2D eigenvalue weighted by Gasteiger charge is -2.09. The van der Waals surface area contributed by atoms with E-state index < -0.39 is 22.1 Å². The molecular formula is C14H17F2N3O3S. The molecule has 9 heteroatoms. The summed E-state index contributed by atoms with van der Waals surface area (Å²) >= 11 is 0. The van der Waals surface area contributed by atoms with Crippen molar-refractivity contribution >= 4 is 15.7 Å². The van der Waals surface area contributed by atoms with Gasteiger partial charge in [0, 0.05) is 19.9 Å². The van der Waals surface area contributed by atoms with E-state index in [0.29, 0.717) is 12.2 Å². The van der Waals surface area contributed by atoms with Crippen LogP contribution in [0, 0.1) is 0 Å². The first-order valence-corrected chi connectivity index (χ1v) is 8.33. The van der Waals surface area contributed by atoms with E-state index in [-0.39, 0.29) is 17.2 Å². The van der Waals surface area contributed by atoms with Crippen molar-refractivity contribution in [3.63, 3.8) is 0 Å². The van der Waals surface area contributed by atoms with Crippen molar-refractivity contribution in [2.24, 2.45) is 7.05 Å². The monoisotopic (exact) mass is 345 g/mol. The molecule has 0 aliphatic rings. The smallest absolute Gasteiger partial charge is 0.284 e. The zero-order chi connectivity index (χ0) is 17.0. The van der Waals surface area contributed by atoms with Gasteiger partial charge in [0.1, 0.15) is 0 Å². The molecule has 1 aromatic heterocycles. The van der Waals surface area contributed by atoms with Crippen LogP contribution in [0.2, 0.25) is 0 Å². The van der Waals surface area contributed by atoms with Crippen molar-refractivity contribution in [1.82, 2.24) is 9.78 Å². The maximum Gasteiger partial charge on any atom is 0.284 e. The molecule has 6 nitrogen and oxygen atoms in total. The fourth-order valence-corrected chi connectivity index (χ4v) is 3.10. The van der Waals surface area contributed by atoms with Crippen LogP contribution in [-0.2, 0) is 28.4 Å². The van der Waals surface area contributed by atoms with E-state index in [9.17, 15) is 17.2 Å². The molecule has 1 heterocycles. The highest BCUT2D eigenvalue weighted by Crippen LogP contribution is 2.27. The Kier molecular flexibility index (Phi) is 5.32. The van der Waals surface area contributed by atoms with Gasteiger partial charge in [-0.05, 0) is 24.6 Å². The summed E-state index contributed by atoms with van der Waals surface area (Å²) < 4.78 is 59.1. The van der Waals surface area contributed by atoms with Gasteiger partial charge in [0.05, 0.1) is 17.2 Å². The first kappa shape index (κ1) is 17.4. The fraction of sp³-hybridized carbons (Fsp3) is 0.357. The normalized spacial score (nSPS) is 11.9. The number of benzene rings is 1. The van der Waals surface area contributed by atoms with Crippen molar-refractivity contribution in [1.29, 1.82) is 0 Å². The van der Waals surface area contributed by atoms with E-state index in [0.717, 1.165) is 4.68 Å². The second-order valence-electron chi connectivity index (χ2n) is 4.79. The Hall–Kier alpha value is -2.00. The van der Waals surface area contributed by atoms with Gasteiger partial charge in [-0.25, -0.2) is 17.2 Å². The summed E-state index contributed by atoms with van der Waals surface area (Å²) in [6.45, 7) is 2.61. The lowest BCUT2D eigenvalue weighted by atomic mass is 10.2. The SMILES string of the molecule is CCOCc1cccc(S(=O)(=O)Nc2cn(C)nc2C(F)F)c1. The molecule has 0 aliphatic carbocycles. The number of hydrogen-bond acceptors (Lipinski definition) is 4. The average molecular weight is 345 g/mol. The maximum atomic E-state index is 12.9. The summed E-state index contributed by atoms with van der Waals surface area (Å²) in [7, 11) is -2.56. The summed E-state index contributed by atoms with van der Waals surface area (Å²) in [4.78, 5) is -0.0289. The molecule has 0 fully saturated rings. The third-order valence-corrected chi connectivity index (χ3v) is 4.35. The highest BCUT2D eigenvalue weighted by Gasteiger charge is 2.23. The van der Waals surface area contributed by atoms with Crippen molar-refractivity contribution in [3.05, 3.63) is 41.7 Å². The Morgan fingerprint density at radius 2 is 2.13 bits per heavy atom. The number of aromatic nitrogens is 2. The minimum absolute atomic E-state index is 0.0289. The van der Waals surface area contributed by atoms with Gasteiger partial charge < -0.3 is 4.74 Å². The van der Waals surface area contributed by atoms with Crippen LogP contribution in [0.15, 0.2) is 35.4 Å². The van der Waals surface area contributed by atoms with Gasteiger partial charge in [0.15, 0.2) is 5.69 Å². The number of nitrogens with zero attached hydrogens (tertiary/aromatic N) is 2. The number of aryl methyl sites for hydroxylation is 1. The fourth-order valence-electron chi connectivity index (χ4n) is 1.97. The lowest BCUT2D eigenvalue weighted by Crippen LogP contribution is -2.14. The standard InChI is InChI=1S/C14H17F2N3O3S/c1-3-22-9-10-5-4-6-11(7-10)23(20,21)18-12-8-19(2)17-13(12)14(15)16/h4-8,14,18H,3,9H2,1-2H3. The third kappa shape index (κ3) is 4.26. The topological polar surface area (TPSA) is 73.2 Å². The Labute approximate surface area is 133 Å². The van der Waals surface area contributed by atoms with Crippen molar-refractivity contribution in [3.8, 4) is 0 Å². The Morgan fingerprint density at radius 3 is 2.78 bits per heavy atom. The highest BCUT2D eigenvalue weighted by atomic mass is 32.2. The van der Waals surface area contributed by atoms with E-state index in [4.69, 9.17) is 4.74 Å². The summed E-state index contributed by atoms with van der Waals surface area (Å²) in [5.74, 6) is 0. The molecule has 2 aromatic rings. The molecular weight excluding hydrogens is 328 g/mol. The molecule has 2 rings (SSSR count). The minimum Gasteiger partial charge on any atom is -0.377 e. The number of hydrogen-bond donors (Lipinski definition) is 1. The zero-order valence-electron chi connectivity index (χ0n) is 12.7. The summed E-state index contributed by atoms with van der Waals surface area (Å²) in [5.41, 5.74) is -0.172. The Balaban J connectivity index is 2.29. The predicted molar refractivity (Wildman–Crippen MR) is 80.7 cm³/mol. The van der Waals surface area contributed by atoms with Crippen LogP contribution in [0.3, 0.4) is 0 Å². The quantitative estimate of drug-likeness (QED) is 0.837.